The summed E-state index contributed by atoms with van der Waals surface area (Å²) in [5, 5.41) is 2.17. The average Bonchev–Trinajstić information content (AvgIpc) is 2.62. The third-order valence-electron chi connectivity index (χ3n) is 3.53. The highest BCUT2D eigenvalue weighted by molar-refractivity contribution is 6.03. The molecule has 3 rings (SSSR count). The van der Waals surface area contributed by atoms with E-state index < -0.39 is 34.4 Å². The summed E-state index contributed by atoms with van der Waals surface area (Å²) in [6.07, 6.45) is 2.44. The van der Waals surface area contributed by atoms with Crippen molar-refractivity contribution in [3.05, 3.63) is 92.5 Å². The lowest BCUT2D eigenvalue weighted by Crippen LogP contribution is -2.39. The normalized spacial score (nSPS) is 10.5. The number of anilines is 1. The zero-order valence-electron chi connectivity index (χ0n) is 13.2. The van der Waals surface area contributed by atoms with Crippen LogP contribution in [0.4, 0.5) is 14.5 Å². The molecule has 0 bridgehead atoms. The lowest BCUT2D eigenvalue weighted by Gasteiger charge is -2.08. The number of carbonyl (C=O) groups excluding carboxylic acids is 1. The van der Waals surface area contributed by atoms with Crippen molar-refractivity contribution in [2.45, 2.75) is 6.54 Å². The summed E-state index contributed by atoms with van der Waals surface area (Å²) in [5.74, 6) is -2.73. The third-order valence-corrected chi connectivity index (χ3v) is 3.53. The van der Waals surface area contributed by atoms with Crippen molar-refractivity contribution in [3.8, 4) is 0 Å². The van der Waals surface area contributed by atoms with Crippen LogP contribution in [0.15, 0.2) is 58.4 Å². The molecular formula is C17H12F2N4O3. The van der Waals surface area contributed by atoms with Gasteiger partial charge in [-0.25, -0.2) is 13.6 Å². The number of nitrogens with zero attached hydrogens (tertiary/aromatic N) is 2. The molecule has 2 N–H and O–H groups in total. The lowest BCUT2D eigenvalue weighted by molar-refractivity contribution is 0.102. The Morgan fingerprint density at radius 1 is 1.19 bits per heavy atom. The number of amides is 1. The highest BCUT2D eigenvalue weighted by Gasteiger charge is 2.17. The Labute approximate surface area is 145 Å². The summed E-state index contributed by atoms with van der Waals surface area (Å²) in [6.45, 7) is -0.138. The van der Waals surface area contributed by atoms with Crippen molar-refractivity contribution < 1.29 is 13.6 Å². The Morgan fingerprint density at radius 3 is 2.69 bits per heavy atom. The molecule has 0 fully saturated rings. The number of nitrogens with one attached hydrogen (secondary N) is 2. The number of hydrogen-bond acceptors (Lipinski definition) is 4. The van der Waals surface area contributed by atoms with E-state index >= 15 is 0 Å². The summed E-state index contributed by atoms with van der Waals surface area (Å²) in [6, 6.07) is 7.58. The molecule has 0 spiro atoms. The fourth-order valence-corrected chi connectivity index (χ4v) is 2.25. The first kappa shape index (κ1) is 17.2. The van der Waals surface area contributed by atoms with Crippen molar-refractivity contribution in [1.82, 2.24) is 14.5 Å². The number of rotatable bonds is 4. The van der Waals surface area contributed by atoms with Crippen LogP contribution in [0.2, 0.25) is 0 Å². The quantitative estimate of drug-likeness (QED) is 0.739. The van der Waals surface area contributed by atoms with Gasteiger partial charge >= 0.3 is 5.69 Å². The molecule has 1 aromatic carbocycles. The molecule has 0 radical (unpaired) electrons. The Morgan fingerprint density at radius 2 is 2.00 bits per heavy atom. The van der Waals surface area contributed by atoms with Crippen molar-refractivity contribution in [3.63, 3.8) is 0 Å². The summed E-state index contributed by atoms with van der Waals surface area (Å²) in [4.78, 5) is 43.0. The maximum atomic E-state index is 13.7. The summed E-state index contributed by atoms with van der Waals surface area (Å²) in [7, 11) is 0. The van der Waals surface area contributed by atoms with Crippen LogP contribution in [0.5, 0.6) is 0 Å². The van der Waals surface area contributed by atoms with Gasteiger partial charge in [0.25, 0.3) is 11.5 Å². The van der Waals surface area contributed by atoms with Gasteiger partial charge in [0.05, 0.1) is 17.9 Å². The highest BCUT2D eigenvalue weighted by atomic mass is 19.1. The second kappa shape index (κ2) is 7.09. The fourth-order valence-electron chi connectivity index (χ4n) is 2.25. The van der Waals surface area contributed by atoms with Crippen molar-refractivity contribution in [2.75, 3.05) is 5.32 Å². The van der Waals surface area contributed by atoms with E-state index in [1.54, 1.807) is 18.2 Å². The molecular weight excluding hydrogens is 346 g/mol. The first-order chi connectivity index (χ1) is 12.5. The summed E-state index contributed by atoms with van der Waals surface area (Å²) < 4.78 is 27.4. The van der Waals surface area contributed by atoms with Gasteiger partial charge in [0.15, 0.2) is 0 Å². The number of hydrogen-bond donors (Lipinski definition) is 2. The average molecular weight is 358 g/mol. The first-order valence-electron chi connectivity index (χ1n) is 7.44. The van der Waals surface area contributed by atoms with Gasteiger partial charge in [-0.15, -0.1) is 0 Å². The molecule has 7 nitrogen and oxygen atoms in total. The minimum atomic E-state index is -0.989. The lowest BCUT2D eigenvalue weighted by atomic mass is 10.2. The monoisotopic (exact) mass is 358 g/mol. The summed E-state index contributed by atoms with van der Waals surface area (Å²) in [5.41, 5.74) is -1.82. The zero-order chi connectivity index (χ0) is 18.7. The van der Waals surface area contributed by atoms with Gasteiger partial charge in [-0.1, -0.05) is 6.07 Å². The smallest absolute Gasteiger partial charge is 0.319 e. The maximum absolute atomic E-state index is 13.7. The fraction of sp³-hybridized carbons (Fsp3) is 0.0588. The van der Waals surface area contributed by atoms with Gasteiger partial charge in [-0.3, -0.25) is 19.1 Å². The minimum Gasteiger partial charge on any atom is -0.319 e. The van der Waals surface area contributed by atoms with Gasteiger partial charge in [-0.2, -0.15) is 0 Å². The number of H-pyrrole nitrogens is 1. The molecule has 1 amide bonds. The topological polar surface area (TPSA) is 96.8 Å². The van der Waals surface area contributed by atoms with Crippen LogP contribution in [0.3, 0.4) is 0 Å². The van der Waals surface area contributed by atoms with Crippen LogP contribution in [-0.2, 0) is 6.54 Å². The standard InChI is InChI=1S/C17H12F2N4O3/c18-10-4-5-14(13(19)7-10)22-15(24)12-8-21-17(26)23(16(12)25)9-11-3-1-2-6-20-11/h1-8H,9H2,(H,21,26)(H,22,24). The molecule has 0 saturated heterocycles. The van der Waals surface area contributed by atoms with Gasteiger partial charge in [0.1, 0.15) is 17.2 Å². The second-order valence-electron chi connectivity index (χ2n) is 5.30. The van der Waals surface area contributed by atoms with E-state index in [0.717, 1.165) is 22.9 Å². The molecule has 0 aliphatic heterocycles. The number of aromatic amines is 1. The van der Waals surface area contributed by atoms with E-state index in [1.165, 1.54) is 6.20 Å². The van der Waals surface area contributed by atoms with Gasteiger partial charge in [0.2, 0.25) is 0 Å². The maximum Gasteiger partial charge on any atom is 0.328 e. The highest BCUT2D eigenvalue weighted by Crippen LogP contribution is 2.15. The number of aromatic nitrogens is 3. The van der Waals surface area contributed by atoms with Gasteiger partial charge in [0, 0.05) is 18.5 Å². The summed E-state index contributed by atoms with van der Waals surface area (Å²) >= 11 is 0. The van der Waals surface area contributed by atoms with E-state index in [1.807, 2.05) is 0 Å². The predicted octanol–water partition coefficient (Wildman–Crippen LogP) is 1.51. The predicted molar refractivity (Wildman–Crippen MR) is 89.0 cm³/mol. The number of benzene rings is 1. The van der Waals surface area contributed by atoms with E-state index in [-0.39, 0.29) is 12.2 Å². The van der Waals surface area contributed by atoms with Gasteiger partial charge < -0.3 is 10.3 Å². The largest absolute Gasteiger partial charge is 0.328 e. The third kappa shape index (κ3) is 3.56. The van der Waals surface area contributed by atoms with E-state index in [4.69, 9.17) is 0 Å². The van der Waals surface area contributed by atoms with Crippen LogP contribution in [0.1, 0.15) is 16.1 Å². The number of pyridine rings is 1. The molecule has 2 heterocycles. The van der Waals surface area contributed by atoms with E-state index in [0.29, 0.717) is 11.8 Å². The molecule has 0 aliphatic carbocycles. The van der Waals surface area contributed by atoms with Crippen molar-refractivity contribution >= 4 is 11.6 Å². The molecule has 0 unspecified atom stereocenters. The van der Waals surface area contributed by atoms with Gasteiger partial charge in [-0.05, 0) is 24.3 Å². The molecule has 0 aliphatic rings. The molecule has 3 aromatic rings. The Hall–Kier alpha value is -3.62. The Bertz CT molecular complexity index is 1080. The SMILES string of the molecule is O=C(Nc1ccc(F)cc1F)c1c[nH]c(=O)n(Cc2ccccn2)c1=O. The van der Waals surface area contributed by atoms with E-state index in [2.05, 4.69) is 15.3 Å². The Kier molecular flexibility index (Phi) is 4.70. The van der Waals surface area contributed by atoms with Crippen LogP contribution in [-0.4, -0.2) is 20.4 Å². The zero-order valence-corrected chi connectivity index (χ0v) is 13.2. The Balaban J connectivity index is 1.93. The van der Waals surface area contributed by atoms with Crippen molar-refractivity contribution in [2.24, 2.45) is 0 Å². The molecule has 0 atom stereocenters. The van der Waals surface area contributed by atoms with Crippen LogP contribution >= 0.6 is 0 Å². The molecule has 0 saturated carbocycles. The molecule has 9 heteroatoms. The van der Waals surface area contributed by atoms with Crippen molar-refractivity contribution in [1.29, 1.82) is 0 Å². The molecule has 132 valence electrons. The van der Waals surface area contributed by atoms with Crippen LogP contribution in [0, 0.1) is 11.6 Å². The minimum absolute atomic E-state index is 0.138. The number of halogens is 2. The molecule has 26 heavy (non-hydrogen) atoms. The molecule has 2 aromatic heterocycles. The number of carbonyl (C=O) groups is 1. The van der Waals surface area contributed by atoms with Crippen LogP contribution < -0.4 is 16.6 Å². The van der Waals surface area contributed by atoms with E-state index in [9.17, 15) is 23.2 Å². The first-order valence-corrected chi connectivity index (χ1v) is 7.44. The second-order valence-corrected chi connectivity index (χ2v) is 5.30. The van der Waals surface area contributed by atoms with Crippen LogP contribution in [0.25, 0.3) is 0 Å².